The molecule has 200 valence electrons. The van der Waals surface area contributed by atoms with Crippen LogP contribution in [0.4, 0.5) is 0 Å². The Labute approximate surface area is 235 Å². The lowest BCUT2D eigenvalue weighted by Crippen LogP contribution is -2.08. The van der Waals surface area contributed by atoms with Crippen LogP contribution in [0.5, 0.6) is 0 Å². The maximum Gasteiger partial charge on any atom is 0.159 e. The molecule has 0 aliphatic heterocycles. The summed E-state index contributed by atoms with van der Waals surface area (Å²) < 4.78 is 2.51. The number of pyridine rings is 1. The van der Waals surface area contributed by atoms with Gasteiger partial charge < -0.3 is 4.57 Å². The third kappa shape index (κ3) is 4.53. The zero-order chi connectivity index (χ0) is 27.3. The smallest absolute Gasteiger partial charge is 0.159 e. The summed E-state index contributed by atoms with van der Waals surface area (Å²) in [6.45, 7) is 11.5. The summed E-state index contributed by atoms with van der Waals surface area (Å²) in [6, 6.07) is 17.6. The van der Waals surface area contributed by atoms with Gasteiger partial charge in [0.1, 0.15) is 0 Å². The first kappa shape index (κ1) is 26.0. The van der Waals surface area contributed by atoms with Gasteiger partial charge in [-0.05, 0) is 88.3 Å². The molecule has 1 fully saturated rings. The lowest BCUT2D eigenvalue weighted by molar-refractivity contribution is 0.101. The molecule has 0 saturated heterocycles. The minimum Gasteiger partial charge on any atom is -0.340 e. The van der Waals surface area contributed by atoms with Crippen LogP contribution in [0.3, 0.4) is 0 Å². The van der Waals surface area contributed by atoms with Gasteiger partial charge >= 0.3 is 0 Å². The van der Waals surface area contributed by atoms with Crippen molar-refractivity contribution in [1.29, 1.82) is 0 Å². The fourth-order valence-electron chi connectivity index (χ4n) is 6.79. The molecular formula is C35H38N2OS. The number of ketones is 1. The molecule has 0 spiro atoms. The molecule has 0 N–H and O–H groups in total. The molecule has 0 radical (unpaired) electrons. The van der Waals surface area contributed by atoms with E-state index in [1.807, 2.05) is 17.4 Å². The van der Waals surface area contributed by atoms with Crippen molar-refractivity contribution in [1.82, 2.24) is 9.55 Å². The van der Waals surface area contributed by atoms with Gasteiger partial charge in [0.05, 0.1) is 16.9 Å². The highest BCUT2D eigenvalue weighted by molar-refractivity contribution is 7.12. The van der Waals surface area contributed by atoms with Crippen molar-refractivity contribution in [2.45, 2.75) is 85.6 Å². The first-order chi connectivity index (χ1) is 18.9. The third-order valence-electron chi connectivity index (χ3n) is 8.68. The number of nitrogens with zero attached hydrogens (tertiary/aromatic N) is 2. The van der Waals surface area contributed by atoms with Crippen LogP contribution >= 0.6 is 11.3 Å². The molecule has 2 aromatic carbocycles. The van der Waals surface area contributed by atoms with Crippen LogP contribution in [0.2, 0.25) is 0 Å². The van der Waals surface area contributed by atoms with E-state index in [1.54, 1.807) is 6.92 Å². The van der Waals surface area contributed by atoms with Crippen LogP contribution in [-0.2, 0) is 6.54 Å². The maximum atomic E-state index is 12.4. The summed E-state index contributed by atoms with van der Waals surface area (Å²) in [5.74, 6) is 0.680. The number of carbonyl (C=O) groups excluding carboxylic acids is 1. The topological polar surface area (TPSA) is 34.9 Å². The number of rotatable bonds is 6. The normalized spacial score (nSPS) is 14.5. The van der Waals surface area contributed by atoms with Gasteiger partial charge in [0.2, 0.25) is 0 Å². The van der Waals surface area contributed by atoms with E-state index in [0.29, 0.717) is 5.92 Å². The average Bonchev–Trinajstić information content (AvgIpc) is 3.44. The molecule has 1 saturated carbocycles. The zero-order valence-electron chi connectivity index (χ0n) is 23.9. The fourth-order valence-corrected chi connectivity index (χ4v) is 7.72. The van der Waals surface area contributed by atoms with Crippen LogP contribution in [0.1, 0.15) is 89.5 Å². The van der Waals surface area contributed by atoms with Crippen molar-refractivity contribution in [2.75, 3.05) is 0 Å². The summed E-state index contributed by atoms with van der Waals surface area (Å²) in [4.78, 5) is 20.1. The van der Waals surface area contributed by atoms with Crippen molar-refractivity contribution in [3.8, 4) is 22.5 Å². The molecule has 0 atom stereocenters. The number of aromatic nitrogens is 2. The quantitative estimate of drug-likeness (QED) is 0.203. The lowest BCUT2D eigenvalue weighted by atomic mass is 9.81. The van der Waals surface area contributed by atoms with Crippen molar-refractivity contribution in [3.63, 3.8) is 0 Å². The highest BCUT2D eigenvalue weighted by atomic mass is 32.1. The molecule has 39 heavy (non-hydrogen) atoms. The molecule has 5 aromatic rings. The standard InChI is InChI=1S/C35H38N2OS/c1-6-18-37-33-20-26(23(4)38)12-13-29(33)34(25-10-8-7-9-11-25)35(37)28-15-17-31-27(22(28)3)14-16-32(36-31)30-19-21(2)39-24(30)5/h12-17,19-20,25H,6-11,18H2,1-5H3. The van der Waals surface area contributed by atoms with Gasteiger partial charge in [-0.25, -0.2) is 4.98 Å². The molecule has 0 bridgehead atoms. The predicted molar refractivity (Wildman–Crippen MR) is 166 cm³/mol. The number of carbonyl (C=O) groups is 1. The number of fused-ring (bicyclic) bond motifs is 2. The average molecular weight is 535 g/mol. The van der Waals surface area contributed by atoms with Crippen molar-refractivity contribution in [3.05, 3.63) is 75.0 Å². The van der Waals surface area contributed by atoms with Crippen molar-refractivity contribution >= 4 is 38.9 Å². The number of benzene rings is 2. The summed E-state index contributed by atoms with van der Waals surface area (Å²) >= 11 is 1.83. The summed E-state index contributed by atoms with van der Waals surface area (Å²) in [7, 11) is 0. The van der Waals surface area contributed by atoms with E-state index < -0.39 is 0 Å². The Morgan fingerprint density at radius 2 is 1.72 bits per heavy atom. The van der Waals surface area contributed by atoms with E-state index in [2.05, 4.69) is 74.7 Å². The first-order valence-electron chi connectivity index (χ1n) is 14.5. The molecule has 1 aliphatic rings. The van der Waals surface area contributed by atoms with Crippen LogP contribution < -0.4 is 0 Å². The number of thiophene rings is 1. The highest BCUT2D eigenvalue weighted by Crippen LogP contribution is 2.46. The lowest BCUT2D eigenvalue weighted by Gasteiger charge is -2.24. The largest absolute Gasteiger partial charge is 0.340 e. The van der Waals surface area contributed by atoms with E-state index in [1.165, 1.54) is 86.1 Å². The second-order valence-electron chi connectivity index (χ2n) is 11.4. The molecule has 3 heterocycles. The Bertz CT molecular complexity index is 1710. The van der Waals surface area contributed by atoms with E-state index in [-0.39, 0.29) is 5.78 Å². The third-order valence-corrected chi connectivity index (χ3v) is 9.65. The van der Waals surface area contributed by atoms with Gasteiger partial charge in [0.15, 0.2) is 5.78 Å². The Morgan fingerprint density at radius 1 is 0.949 bits per heavy atom. The monoisotopic (exact) mass is 534 g/mol. The second-order valence-corrected chi connectivity index (χ2v) is 12.8. The Balaban J connectivity index is 1.59. The molecule has 1 aliphatic carbocycles. The molecule has 3 aromatic heterocycles. The first-order valence-corrected chi connectivity index (χ1v) is 15.3. The van der Waals surface area contributed by atoms with E-state index in [9.17, 15) is 4.79 Å². The SMILES string of the molecule is CCCn1c(-c2ccc3nc(-c4cc(C)sc4C)ccc3c2C)c(C2CCCCC2)c2ccc(C(C)=O)cc21. The molecular weight excluding hydrogens is 496 g/mol. The molecule has 0 amide bonds. The van der Waals surface area contributed by atoms with Gasteiger partial charge in [-0.15, -0.1) is 11.3 Å². The van der Waals surface area contributed by atoms with Crippen LogP contribution in [0, 0.1) is 20.8 Å². The minimum absolute atomic E-state index is 0.127. The summed E-state index contributed by atoms with van der Waals surface area (Å²) in [5.41, 5.74) is 10.8. The number of hydrogen-bond acceptors (Lipinski definition) is 3. The Hall–Kier alpha value is -3.24. The predicted octanol–water partition coefficient (Wildman–Crippen LogP) is 10.2. The molecule has 0 unspecified atom stereocenters. The van der Waals surface area contributed by atoms with Gasteiger partial charge in [-0.2, -0.15) is 0 Å². The fraction of sp³-hybridized carbons (Fsp3) is 0.371. The highest BCUT2D eigenvalue weighted by Gasteiger charge is 2.27. The number of aryl methyl sites for hydroxylation is 4. The maximum absolute atomic E-state index is 12.4. The van der Waals surface area contributed by atoms with Crippen molar-refractivity contribution < 1.29 is 4.79 Å². The minimum atomic E-state index is 0.127. The zero-order valence-corrected chi connectivity index (χ0v) is 24.7. The molecule has 3 nitrogen and oxygen atoms in total. The van der Waals surface area contributed by atoms with E-state index in [4.69, 9.17) is 4.98 Å². The van der Waals surface area contributed by atoms with Gasteiger partial charge in [0.25, 0.3) is 0 Å². The summed E-state index contributed by atoms with van der Waals surface area (Å²) in [5, 5.41) is 2.54. The Kier molecular flexibility index (Phi) is 6.93. The second kappa shape index (κ2) is 10.4. The van der Waals surface area contributed by atoms with Crippen LogP contribution in [0.15, 0.2) is 48.5 Å². The van der Waals surface area contributed by atoms with E-state index in [0.717, 1.165) is 29.7 Å². The van der Waals surface area contributed by atoms with Gasteiger partial charge in [0, 0.05) is 49.3 Å². The number of Topliss-reactive ketones (excluding diaryl/α,β-unsaturated/α-hetero) is 1. The Morgan fingerprint density at radius 3 is 2.41 bits per heavy atom. The van der Waals surface area contributed by atoms with Gasteiger partial charge in [-0.1, -0.05) is 50.5 Å². The van der Waals surface area contributed by atoms with Gasteiger partial charge in [-0.3, -0.25) is 4.79 Å². The van der Waals surface area contributed by atoms with Crippen LogP contribution in [0.25, 0.3) is 44.3 Å². The molecule has 4 heteroatoms. The number of hydrogen-bond donors (Lipinski definition) is 0. The van der Waals surface area contributed by atoms with Crippen molar-refractivity contribution in [2.24, 2.45) is 0 Å². The van der Waals surface area contributed by atoms with Crippen LogP contribution in [-0.4, -0.2) is 15.3 Å². The molecule has 6 rings (SSSR count). The van der Waals surface area contributed by atoms with E-state index >= 15 is 0 Å². The summed E-state index contributed by atoms with van der Waals surface area (Å²) in [6.07, 6.45) is 7.44.